The predicted octanol–water partition coefficient (Wildman–Crippen LogP) is 4.71. The van der Waals surface area contributed by atoms with Crippen LogP contribution in [0, 0.1) is 5.92 Å². The maximum Gasteiger partial charge on any atom is 0.255 e. The zero-order valence-electron chi connectivity index (χ0n) is 21.5. The van der Waals surface area contributed by atoms with Crippen LogP contribution >= 0.6 is 0 Å². The van der Waals surface area contributed by atoms with Gasteiger partial charge in [-0.3, -0.25) is 9.59 Å². The van der Waals surface area contributed by atoms with E-state index in [2.05, 4.69) is 40.5 Å². The number of carbonyl (C=O) groups is 2. The summed E-state index contributed by atoms with van der Waals surface area (Å²) in [4.78, 5) is 30.8. The van der Waals surface area contributed by atoms with E-state index in [0.717, 1.165) is 43.1 Å². The quantitative estimate of drug-likeness (QED) is 0.414. The Balaban J connectivity index is 1.11. The van der Waals surface area contributed by atoms with Gasteiger partial charge in [0.25, 0.3) is 5.91 Å². The Kier molecular flexibility index (Phi) is 8.32. The predicted molar refractivity (Wildman–Crippen MR) is 147 cm³/mol. The van der Waals surface area contributed by atoms with Crippen molar-refractivity contribution in [2.75, 3.05) is 26.2 Å². The normalized spacial score (nSPS) is 17.0. The van der Waals surface area contributed by atoms with Crippen LogP contribution in [0.5, 0.6) is 0 Å². The molecule has 37 heavy (non-hydrogen) atoms. The van der Waals surface area contributed by atoms with Crippen LogP contribution in [0.1, 0.15) is 46.3 Å². The van der Waals surface area contributed by atoms with Crippen molar-refractivity contribution in [1.29, 1.82) is 0 Å². The van der Waals surface area contributed by atoms with Crippen molar-refractivity contribution >= 4 is 11.8 Å². The van der Waals surface area contributed by atoms with Crippen molar-refractivity contribution in [2.24, 2.45) is 5.92 Å². The van der Waals surface area contributed by atoms with Gasteiger partial charge in [-0.05, 0) is 74.0 Å². The molecule has 5 heteroatoms. The summed E-state index contributed by atoms with van der Waals surface area (Å²) in [7, 11) is 0. The van der Waals surface area contributed by atoms with Gasteiger partial charge in [0.05, 0.1) is 0 Å². The lowest BCUT2D eigenvalue weighted by Crippen LogP contribution is -2.48. The molecule has 2 amide bonds. The molecule has 0 bridgehead atoms. The van der Waals surface area contributed by atoms with Gasteiger partial charge in [-0.1, -0.05) is 78.9 Å². The van der Waals surface area contributed by atoms with E-state index in [1.807, 2.05) is 54.6 Å². The summed E-state index contributed by atoms with van der Waals surface area (Å²) in [5.74, 6) is 0.649. The molecule has 0 unspecified atom stereocenters. The monoisotopic (exact) mass is 495 g/mol. The number of piperidine rings is 1. The number of nitrogens with zero attached hydrogens (tertiary/aromatic N) is 2. The molecule has 2 heterocycles. The number of benzene rings is 3. The number of likely N-dealkylation sites (tertiary alicyclic amines) is 1. The largest absolute Gasteiger partial charge is 0.354 e. The minimum absolute atomic E-state index is 0.0509. The van der Waals surface area contributed by atoms with E-state index in [1.54, 1.807) is 4.90 Å². The number of rotatable bonds is 10. The summed E-state index contributed by atoms with van der Waals surface area (Å²) in [6, 6.07) is 27.9. The molecule has 2 aliphatic heterocycles. The van der Waals surface area contributed by atoms with Gasteiger partial charge in [0.1, 0.15) is 6.04 Å². The summed E-state index contributed by atoms with van der Waals surface area (Å²) in [5.41, 5.74) is 4.20. The molecule has 1 fully saturated rings. The van der Waals surface area contributed by atoms with Crippen molar-refractivity contribution in [3.8, 4) is 0 Å². The van der Waals surface area contributed by atoms with Crippen LogP contribution in [0.25, 0.3) is 0 Å². The van der Waals surface area contributed by atoms with E-state index in [1.165, 1.54) is 24.8 Å². The third kappa shape index (κ3) is 6.47. The average molecular weight is 496 g/mol. The topological polar surface area (TPSA) is 52.7 Å². The minimum Gasteiger partial charge on any atom is -0.354 e. The van der Waals surface area contributed by atoms with Gasteiger partial charge in [-0.2, -0.15) is 0 Å². The zero-order chi connectivity index (χ0) is 25.5. The molecular formula is C32H37N3O2. The highest BCUT2D eigenvalue weighted by atomic mass is 16.2. The van der Waals surface area contributed by atoms with Crippen molar-refractivity contribution in [2.45, 2.75) is 44.7 Å². The smallest absolute Gasteiger partial charge is 0.255 e. The molecule has 5 rings (SSSR count). The molecule has 3 aromatic carbocycles. The third-order valence-electron chi connectivity index (χ3n) is 7.82. The van der Waals surface area contributed by atoms with Crippen LogP contribution in [-0.2, 0) is 24.2 Å². The Morgan fingerprint density at radius 3 is 2.22 bits per heavy atom. The molecule has 1 saturated heterocycles. The first-order chi connectivity index (χ1) is 18.2. The molecule has 3 aromatic rings. The Morgan fingerprint density at radius 2 is 1.51 bits per heavy atom. The molecule has 0 aliphatic carbocycles. The Hall–Kier alpha value is -3.44. The first-order valence-electron chi connectivity index (χ1n) is 13.6. The second kappa shape index (κ2) is 12.2. The first kappa shape index (κ1) is 25.2. The van der Waals surface area contributed by atoms with Gasteiger partial charge in [0.2, 0.25) is 5.91 Å². The molecule has 1 atom stereocenters. The Labute approximate surface area is 220 Å². The van der Waals surface area contributed by atoms with Gasteiger partial charge >= 0.3 is 0 Å². The zero-order valence-corrected chi connectivity index (χ0v) is 21.5. The van der Waals surface area contributed by atoms with Crippen LogP contribution in [0.2, 0.25) is 0 Å². The SMILES string of the molecule is O=C(NCCCN1CCC(Cc2ccccc2)CC1)[C@H](Cc1ccccc1)N1Cc2ccccc2C1=O. The summed E-state index contributed by atoms with van der Waals surface area (Å²) in [6.45, 7) is 4.36. The minimum atomic E-state index is -0.518. The number of fused-ring (bicyclic) bond motifs is 1. The lowest BCUT2D eigenvalue weighted by Gasteiger charge is -2.32. The molecule has 192 valence electrons. The van der Waals surface area contributed by atoms with Crippen LogP contribution in [-0.4, -0.2) is 53.8 Å². The van der Waals surface area contributed by atoms with E-state index in [0.29, 0.717) is 25.1 Å². The molecule has 0 saturated carbocycles. The third-order valence-corrected chi connectivity index (χ3v) is 7.82. The molecule has 0 spiro atoms. The fraction of sp³-hybridized carbons (Fsp3) is 0.375. The second-order valence-corrected chi connectivity index (χ2v) is 10.4. The van der Waals surface area contributed by atoms with Gasteiger partial charge in [-0.15, -0.1) is 0 Å². The summed E-state index contributed by atoms with van der Waals surface area (Å²) in [6.07, 6.45) is 5.07. The fourth-order valence-corrected chi connectivity index (χ4v) is 5.70. The maximum atomic E-state index is 13.4. The van der Waals surface area contributed by atoms with Crippen LogP contribution in [0.4, 0.5) is 0 Å². The van der Waals surface area contributed by atoms with Gasteiger partial charge in [0.15, 0.2) is 0 Å². The summed E-state index contributed by atoms with van der Waals surface area (Å²) in [5, 5.41) is 3.15. The molecule has 0 radical (unpaired) electrons. The van der Waals surface area contributed by atoms with Crippen LogP contribution < -0.4 is 5.32 Å². The molecule has 2 aliphatic rings. The number of nitrogens with one attached hydrogen (secondary N) is 1. The fourth-order valence-electron chi connectivity index (χ4n) is 5.70. The summed E-state index contributed by atoms with van der Waals surface area (Å²) < 4.78 is 0. The highest BCUT2D eigenvalue weighted by Gasteiger charge is 2.36. The number of hydrogen-bond donors (Lipinski definition) is 1. The first-order valence-corrected chi connectivity index (χ1v) is 13.6. The van der Waals surface area contributed by atoms with E-state index in [9.17, 15) is 9.59 Å². The Morgan fingerprint density at radius 1 is 0.865 bits per heavy atom. The van der Waals surface area contributed by atoms with Crippen LogP contribution in [0.3, 0.4) is 0 Å². The average Bonchev–Trinajstić information content (AvgIpc) is 3.27. The van der Waals surface area contributed by atoms with Crippen molar-refractivity contribution in [3.63, 3.8) is 0 Å². The highest BCUT2D eigenvalue weighted by molar-refractivity contribution is 6.01. The van der Waals surface area contributed by atoms with Gasteiger partial charge in [-0.25, -0.2) is 0 Å². The van der Waals surface area contributed by atoms with Crippen molar-refractivity contribution in [3.05, 3.63) is 107 Å². The van der Waals surface area contributed by atoms with Crippen molar-refractivity contribution in [1.82, 2.24) is 15.1 Å². The summed E-state index contributed by atoms with van der Waals surface area (Å²) >= 11 is 0. The van der Waals surface area contributed by atoms with Crippen LogP contribution in [0.15, 0.2) is 84.9 Å². The van der Waals surface area contributed by atoms with E-state index < -0.39 is 6.04 Å². The standard InChI is InChI=1S/C32H37N3O2/c36-31(33-18-9-19-34-20-16-27(17-21-34)22-25-10-3-1-4-11-25)30(23-26-12-5-2-6-13-26)35-24-28-14-7-8-15-29(28)32(35)37/h1-8,10-15,27,30H,9,16-24H2,(H,33,36)/t30-/m0/s1. The van der Waals surface area contributed by atoms with E-state index >= 15 is 0 Å². The molecule has 5 nitrogen and oxygen atoms in total. The van der Waals surface area contributed by atoms with Gasteiger partial charge in [0, 0.05) is 25.1 Å². The maximum absolute atomic E-state index is 13.4. The molecular weight excluding hydrogens is 458 g/mol. The molecule has 1 N–H and O–H groups in total. The number of amides is 2. The highest BCUT2D eigenvalue weighted by Crippen LogP contribution is 2.26. The lowest BCUT2D eigenvalue weighted by atomic mass is 9.90. The number of carbonyl (C=O) groups excluding carboxylic acids is 2. The Bertz CT molecular complexity index is 1170. The number of hydrogen-bond acceptors (Lipinski definition) is 3. The van der Waals surface area contributed by atoms with Crippen molar-refractivity contribution < 1.29 is 9.59 Å². The van der Waals surface area contributed by atoms with Gasteiger partial charge < -0.3 is 15.1 Å². The second-order valence-electron chi connectivity index (χ2n) is 10.4. The van der Waals surface area contributed by atoms with E-state index in [-0.39, 0.29) is 11.8 Å². The molecule has 0 aromatic heterocycles. The lowest BCUT2D eigenvalue weighted by molar-refractivity contribution is -0.125. The van der Waals surface area contributed by atoms with E-state index in [4.69, 9.17) is 0 Å².